The molecule has 2 aromatic carbocycles. The van der Waals surface area contributed by atoms with Crippen LogP contribution in [-0.4, -0.2) is 81.6 Å². The summed E-state index contributed by atoms with van der Waals surface area (Å²) in [7, 11) is -2.08. The first kappa shape index (κ1) is 23.3. The Bertz CT molecular complexity index is 1360. The van der Waals surface area contributed by atoms with E-state index in [0.29, 0.717) is 56.5 Å². The van der Waals surface area contributed by atoms with Crippen molar-refractivity contribution in [1.29, 1.82) is 0 Å². The highest BCUT2D eigenvalue weighted by molar-refractivity contribution is 7.89. The van der Waals surface area contributed by atoms with Gasteiger partial charge in [0.05, 0.1) is 29.4 Å². The van der Waals surface area contributed by atoms with Crippen LogP contribution < -0.4 is 19.5 Å². The molecule has 1 amide bonds. The van der Waals surface area contributed by atoms with Gasteiger partial charge in [-0.25, -0.2) is 8.42 Å². The number of nitrogens with zero attached hydrogens (tertiary/aromatic N) is 3. The van der Waals surface area contributed by atoms with Crippen molar-refractivity contribution in [3.8, 4) is 17.2 Å². The molecule has 1 aromatic heterocycles. The fraction of sp³-hybridized carbons (Fsp3) is 0.333. The Hall–Kier alpha value is -3.41. The number of pyridine rings is 1. The lowest BCUT2D eigenvalue weighted by Crippen LogP contribution is -2.49. The summed E-state index contributed by atoms with van der Waals surface area (Å²) in [6, 6.07) is 12.2. The zero-order chi connectivity index (χ0) is 24.4. The minimum atomic E-state index is -3.68. The molecule has 0 aliphatic carbocycles. The summed E-state index contributed by atoms with van der Waals surface area (Å²) in [5.41, 5.74) is 1.20. The SMILES string of the molecule is COc1cnc2cccc(OCCN3CCN(S(=O)(=O)c4ccc5c(c4)NC(=O)CO5)CC3)c2c1. The Morgan fingerprint density at radius 1 is 1.11 bits per heavy atom. The van der Waals surface area contributed by atoms with E-state index in [1.165, 1.54) is 16.4 Å². The zero-order valence-electron chi connectivity index (χ0n) is 19.3. The summed E-state index contributed by atoms with van der Waals surface area (Å²) in [6.07, 6.45) is 1.67. The average Bonchev–Trinajstić information content (AvgIpc) is 2.88. The van der Waals surface area contributed by atoms with Crippen molar-refractivity contribution in [2.45, 2.75) is 4.90 Å². The third kappa shape index (κ3) is 4.88. The maximum absolute atomic E-state index is 13.2. The number of carbonyl (C=O) groups excluding carboxylic acids is 1. The molecule has 0 radical (unpaired) electrons. The topological polar surface area (TPSA) is 110 Å². The number of anilines is 1. The van der Waals surface area contributed by atoms with Crippen molar-refractivity contribution >= 4 is 32.5 Å². The van der Waals surface area contributed by atoms with Crippen molar-refractivity contribution in [2.75, 3.05) is 58.4 Å². The molecule has 11 heteroatoms. The van der Waals surface area contributed by atoms with Crippen molar-refractivity contribution in [1.82, 2.24) is 14.2 Å². The van der Waals surface area contributed by atoms with Crippen LogP contribution in [0, 0.1) is 0 Å². The fourth-order valence-corrected chi connectivity index (χ4v) is 5.64. The van der Waals surface area contributed by atoms with Gasteiger partial charge in [-0.3, -0.25) is 14.7 Å². The van der Waals surface area contributed by atoms with E-state index in [1.807, 2.05) is 24.3 Å². The molecule has 35 heavy (non-hydrogen) atoms. The molecule has 184 valence electrons. The summed E-state index contributed by atoms with van der Waals surface area (Å²) >= 11 is 0. The van der Waals surface area contributed by atoms with Gasteiger partial charge in [-0.1, -0.05) is 6.07 Å². The van der Waals surface area contributed by atoms with Gasteiger partial charge in [0.2, 0.25) is 10.0 Å². The number of hydrogen-bond acceptors (Lipinski definition) is 8. The van der Waals surface area contributed by atoms with E-state index in [2.05, 4.69) is 15.2 Å². The van der Waals surface area contributed by atoms with E-state index in [-0.39, 0.29) is 17.4 Å². The van der Waals surface area contributed by atoms with Gasteiger partial charge in [-0.2, -0.15) is 4.31 Å². The molecule has 10 nitrogen and oxygen atoms in total. The van der Waals surface area contributed by atoms with Crippen LogP contribution in [0.1, 0.15) is 0 Å². The van der Waals surface area contributed by atoms with Gasteiger partial charge in [0.15, 0.2) is 6.61 Å². The lowest BCUT2D eigenvalue weighted by molar-refractivity contribution is -0.118. The maximum atomic E-state index is 13.2. The third-order valence-corrected chi connectivity index (χ3v) is 8.01. The van der Waals surface area contributed by atoms with Crippen molar-refractivity contribution in [3.63, 3.8) is 0 Å². The lowest BCUT2D eigenvalue weighted by atomic mass is 10.2. The summed E-state index contributed by atoms with van der Waals surface area (Å²) in [4.78, 5) is 18.3. The molecular weight excluding hydrogens is 472 g/mol. The largest absolute Gasteiger partial charge is 0.495 e. The monoisotopic (exact) mass is 498 g/mol. The molecule has 0 bridgehead atoms. The highest BCUT2D eigenvalue weighted by atomic mass is 32.2. The Morgan fingerprint density at radius 3 is 2.74 bits per heavy atom. The molecule has 2 aliphatic rings. The molecule has 0 unspecified atom stereocenters. The molecule has 1 fully saturated rings. The van der Waals surface area contributed by atoms with Gasteiger partial charge in [0.1, 0.15) is 23.9 Å². The number of hydrogen-bond donors (Lipinski definition) is 1. The van der Waals surface area contributed by atoms with Crippen molar-refractivity contribution in [3.05, 3.63) is 48.7 Å². The number of ether oxygens (including phenoxy) is 3. The van der Waals surface area contributed by atoms with Crippen LogP contribution in [0.4, 0.5) is 5.69 Å². The highest BCUT2D eigenvalue weighted by Crippen LogP contribution is 2.31. The van der Waals surface area contributed by atoms with Gasteiger partial charge in [0.25, 0.3) is 5.91 Å². The zero-order valence-corrected chi connectivity index (χ0v) is 20.1. The fourth-order valence-electron chi connectivity index (χ4n) is 4.19. The summed E-state index contributed by atoms with van der Waals surface area (Å²) in [6.45, 7) is 3.00. The number of sulfonamides is 1. The Labute approximate surface area is 203 Å². The van der Waals surface area contributed by atoms with Crippen LogP contribution in [0.3, 0.4) is 0 Å². The first-order chi connectivity index (χ1) is 16.9. The van der Waals surface area contributed by atoms with E-state index in [0.717, 1.165) is 16.7 Å². The normalized spacial score (nSPS) is 16.9. The number of benzene rings is 2. The second-order valence-electron chi connectivity index (χ2n) is 8.29. The molecule has 0 spiro atoms. The van der Waals surface area contributed by atoms with E-state index in [9.17, 15) is 13.2 Å². The Morgan fingerprint density at radius 2 is 1.94 bits per heavy atom. The van der Waals surface area contributed by atoms with E-state index >= 15 is 0 Å². The number of methoxy groups -OCH3 is 1. The maximum Gasteiger partial charge on any atom is 0.262 e. The van der Waals surface area contributed by atoms with Crippen LogP contribution >= 0.6 is 0 Å². The second-order valence-corrected chi connectivity index (χ2v) is 10.2. The van der Waals surface area contributed by atoms with Crippen molar-refractivity contribution in [2.24, 2.45) is 0 Å². The van der Waals surface area contributed by atoms with E-state index in [4.69, 9.17) is 14.2 Å². The van der Waals surface area contributed by atoms with Gasteiger partial charge < -0.3 is 19.5 Å². The molecule has 0 saturated carbocycles. The number of amides is 1. The minimum absolute atomic E-state index is 0.0731. The number of nitrogens with one attached hydrogen (secondary N) is 1. The third-order valence-electron chi connectivity index (χ3n) is 6.11. The number of rotatable bonds is 7. The molecule has 5 rings (SSSR count). The quantitative estimate of drug-likeness (QED) is 0.527. The number of carbonyl (C=O) groups is 1. The predicted molar refractivity (Wildman–Crippen MR) is 130 cm³/mol. The van der Waals surface area contributed by atoms with Gasteiger partial charge in [0, 0.05) is 38.1 Å². The van der Waals surface area contributed by atoms with Crippen LogP contribution in [0.5, 0.6) is 17.2 Å². The summed E-state index contributed by atoms with van der Waals surface area (Å²) < 4.78 is 44.4. The molecule has 0 atom stereocenters. The molecule has 3 aromatic rings. The smallest absolute Gasteiger partial charge is 0.262 e. The first-order valence-corrected chi connectivity index (χ1v) is 12.7. The van der Waals surface area contributed by atoms with Crippen LogP contribution in [-0.2, 0) is 14.8 Å². The van der Waals surface area contributed by atoms with E-state index < -0.39 is 10.0 Å². The predicted octanol–water partition coefficient (Wildman–Crippen LogP) is 1.96. The standard InChI is InChI=1S/C24H26N4O6S/c1-32-17-13-19-20(25-15-17)3-2-4-22(19)33-12-11-27-7-9-28(10-8-27)35(30,31)18-5-6-23-21(14-18)26-24(29)16-34-23/h2-6,13-15H,7-12,16H2,1H3,(H,26,29). The van der Waals surface area contributed by atoms with Crippen LogP contribution in [0.2, 0.25) is 0 Å². The second kappa shape index (κ2) is 9.68. The van der Waals surface area contributed by atoms with Gasteiger partial charge >= 0.3 is 0 Å². The highest BCUT2D eigenvalue weighted by Gasteiger charge is 2.30. The summed E-state index contributed by atoms with van der Waals surface area (Å²) in [5, 5.41) is 3.54. The summed E-state index contributed by atoms with van der Waals surface area (Å²) in [5.74, 6) is 1.56. The van der Waals surface area contributed by atoms with Gasteiger partial charge in [-0.05, 0) is 36.4 Å². The first-order valence-electron chi connectivity index (χ1n) is 11.3. The van der Waals surface area contributed by atoms with Crippen molar-refractivity contribution < 1.29 is 27.4 Å². The lowest BCUT2D eigenvalue weighted by Gasteiger charge is -2.34. The van der Waals surface area contributed by atoms with Crippen LogP contribution in [0.15, 0.2) is 53.6 Å². The number of fused-ring (bicyclic) bond motifs is 2. The van der Waals surface area contributed by atoms with Crippen LogP contribution in [0.25, 0.3) is 10.9 Å². The molecule has 3 heterocycles. The Kier molecular flexibility index (Phi) is 6.46. The van der Waals surface area contributed by atoms with E-state index in [1.54, 1.807) is 19.4 Å². The van der Waals surface area contributed by atoms with Gasteiger partial charge in [-0.15, -0.1) is 0 Å². The average molecular weight is 499 g/mol. The molecule has 2 aliphatic heterocycles. The minimum Gasteiger partial charge on any atom is -0.495 e. The molecule has 1 N–H and O–H groups in total. The molecular formula is C24H26N4O6S. The Balaban J connectivity index is 1.17. The number of piperazine rings is 1. The molecule has 1 saturated heterocycles. The number of aromatic nitrogens is 1.